The zero-order valence-electron chi connectivity index (χ0n) is 7.13. The minimum absolute atomic E-state index is 0.370. The Balaban J connectivity index is 3.84. The van der Waals surface area contributed by atoms with E-state index >= 15 is 0 Å². The van der Waals surface area contributed by atoms with Crippen LogP contribution in [0.25, 0.3) is 0 Å². The first-order valence-corrected chi connectivity index (χ1v) is 3.79. The zero-order chi connectivity index (χ0) is 8.69. The van der Waals surface area contributed by atoms with Crippen molar-refractivity contribution in [2.45, 2.75) is 26.7 Å². The third-order valence-electron chi connectivity index (χ3n) is 1.05. The predicted molar refractivity (Wildman–Crippen MR) is 46.2 cm³/mol. The van der Waals surface area contributed by atoms with Crippen LogP contribution in [0, 0.1) is 0 Å². The summed E-state index contributed by atoms with van der Waals surface area (Å²) >= 11 is 0. The molecule has 11 heavy (non-hydrogen) atoms. The van der Waals surface area contributed by atoms with Crippen molar-refractivity contribution in [3.63, 3.8) is 0 Å². The molecule has 0 aromatic rings. The van der Waals surface area contributed by atoms with Crippen LogP contribution in [0.3, 0.4) is 0 Å². The second-order valence-corrected chi connectivity index (χ2v) is 2.13. The molecule has 0 atom stereocenters. The largest absolute Gasteiger partial charge is 0.427 e. The highest BCUT2D eigenvalue weighted by atomic mass is 16.5. The first-order chi connectivity index (χ1) is 5.20. The second-order valence-electron chi connectivity index (χ2n) is 2.13. The van der Waals surface area contributed by atoms with Gasteiger partial charge in [-0.15, -0.1) is 0 Å². The molecular formula is C8H16N2O. The van der Waals surface area contributed by atoms with E-state index in [1.54, 1.807) is 12.2 Å². The molecular weight excluding hydrogens is 140 g/mol. The van der Waals surface area contributed by atoms with E-state index in [-0.39, 0.29) is 0 Å². The van der Waals surface area contributed by atoms with Gasteiger partial charge in [-0.25, -0.2) is 0 Å². The zero-order valence-corrected chi connectivity index (χ0v) is 7.13. The maximum Gasteiger partial charge on any atom is 0.188 e. The molecule has 3 heteroatoms. The fraction of sp³-hybridized carbons (Fsp3) is 0.500. The van der Waals surface area contributed by atoms with E-state index in [4.69, 9.17) is 16.2 Å². The van der Waals surface area contributed by atoms with Gasteiger partial charge < -0.3 is 16.2 Å². The number of hydrogen-bond acceptors (Lipinski definition) is 3. The fourth-order valence-corrected chi connectivity index (χ4v) is 0.622. The molecule has 0 bridgehead atoms. The first-order valence-electron chi connectivity index (χ1n) is 3.79. The van der Waals surface area contributed by atoms with Crippen molar-refractivity contribution in [2.75, 3.05) is 0 Å². The fourth-order valence-electron chi connectivity index (χ4n) is 0.622. The highest BCUT2D eigenvalue weighted by molar-refractivity contribution is 4.95. The van der Waals surface area contributed by atoms with Gasteiger partial charge in [-0.2, -0.15) is 0 Å². The van der Waals surface area contributed by atoms with Crippen molar-refractivity contribution in [1.82, 2.24) is 0 Å². The topological polar surface area (TPSA) is 61.3 Å². The van der Waals surface area contributed by atoms with Crippen molar-refractivity contribution in [3.8, 4) is 0 Å². The van der Waals surface area contributed by atoms with Gasteiger partial charge in [0, 0.05) is 0 Å². The lowest BCUT2D eigenvalue weighted by atomic mass is 10.4. The quantitative estimate of drug-likeness (QED) is 0.605. The molecule has 0 radical (unpaired) electrons. The smallest absolute Gasteiger partial charge is 0.188 e. The predicted octanol–water partition coefficient (Wildman–Crippen LogP) is 1.42. The Labute approximate surface area is 67.7 Å². The van der Waals surface area contributed by atoms with Crippen LogP contribution in [-0.2, 0) is 4.74 Å². The Morgan fingerprint density at radius 3 is 1.73 bits per heavy atom. The van der Waals surface area contributed by atoms with E-state index in [0.29, 0.717) is 11.8 Å². The molecule has 0 heterocycles. The van der Waals surface area contributed by atoms with Crippen LogP contribution in [0.15, 0.2) is 23.9 Å². The van der Waals surface area contributed by atoms with Crippen molar-refractivity contribution >= 4 is 0 Å². The van der Waals surface area contributed by atoms with Crippen molar-refractivity contribution < 1.29 is 4.74 Å². The summed E-state index contributed by atoms with van der Waals surface area (Å²) in [6.45, 7) is 3.96. The van der Waals surface area contributed by atoms with E-state index in [1.165, 1.54) is 0 Å². The van der Waals surface area contributed by atoms with E-state index in [9.17, 15) is 0 Å². The maximum absolute atomic E-state index is 5.43. The van der Waals surface area contributed by atoms with E-state index < -0.39 is 0 Å². The summed E-state index contributed by atoms with van der Waals surface area (Å²) in [7, 11) is 0. The summed E-state index contributed by atoms with van der Waals surface area (Å²) in [6, 6.07) is 0. The van der Waals surface area contributed by atoms with Crippen LogP contribution < -0.4 is 11.5 Å². The van der Waals surface area contributed by atoms with E-state index in [0.717, 1.165) is 12.8 Å². The third kappa shape index (κ3) is 5.33. The number of allylic oxidation sites excluding steroid dienone is 2. The number of rotatable bonds is 4. The molecule has 0 amide bonds. The van der Waals surface area contributed by atoms with Crippen LogP contribution in [0.2, 0.25) is 0 Å². The van der Waals surface area contributed by atoms with Crippen molar-refractivity contribution in [1.29, 1.82) is 0 Å². The molecule has 3 nitrogen and oxygen atoms in total. The standard InChI is InChI=1S/C8H16N2O/c1-3-5-7(9)11-8(10)6-4-2/h5-6H,3-4,9-10H2,1-2H3/b7-5+,8-6+. The molecule has 0 fully saturated rings. The van der Waals surface area contributed by atoms with Gasteiger partial charge in [0.15, 0.2) is 11.8 Å². The van der Waals surface area contributed by atoms with Gasteiger partial charge in [-0.3, -0.25) is 0 Å². The average molecular weight is 156 g/mol. The Hall–Kier alpha value is -1.12. The van der Waals surface area contributed by atoms with Gasteiger partial charge in [-0.1, -0.05) is 13.8 Å². The van der Waals surface area contributed by atoms with Crippen LogP contribution in [0.1, 0.15) is 26.7 Å². The van der Waals surface area contributed by atoms with Gasteiger partial charge in [0.05, 0.1) is 0 Å². The van der Waals surface area contributed by atoms with Crippen molar-refractivity contribution in [3.05, 3.63) is 23.9 Å². The van der Waals surface area contributed by atoms with Crippen LogP contribution in [0.4, 0.5) is 0 Å². The SMILES string of the molecule is CC/C=C(\N)O/C(N)=C/CC. The Morgan fingerprint density at radius 2 is 1.45 bits per heavy atom. The molecule has 4 N–H and O–H groups in total. The lowest BCUT2D eigenvalue weighted by Crippen LogP contribution is -2.08. The second kappa shape index (κ2) is 5.65. The average Bonchev–Trinajstić information content (AvgIpc) is 1.87. The molecule has 0 aliphatic carbocycles. The van der Waals surface area contributed by atoms with Crippen LogP contribution in [-0.4, -0.2) is 0 Å². The van der Waals surface area contributed by atoms with Gasteiger partial charge in [0.1, 0.15) is 0 Å². The Bertz CT molecular complexity index is 143. The van der Waals surface area contributed by atoms with Gasteiger partial charge in [-0.05, 0) is 25.0 Å². The monoisotopic (exact) mass is 156 g/mol. The van der Waals surface area contributed by atoms with Crippen LogP contribution >= 0.6 is 0 Å². The highest BCUT2D eigenvalue weighted by Gasteiger charge is 1.90. The summed E-state index contributed by atoms with van der Waals surface area (Å²) < 4.78 is 5.01. The lowest BCUT2D eigenvalue weighted by Gasteiger charge is -2.03. The molecule has 0 unspecified atom stereocenters. The van der Waals surface area contributed by atoms with E-state index in [2.05, 4.69) is 0 Å². The molecule has 0 aliphatic rings. The number of ether oxygens (including phenoxy) is 1. The van der Waals surface area contributed by atoms with Crippen LogP contribution in [0.5, 0.6) is 0 Å². The minimum Gasteiger partial charge on any atom is -0.427 e. The molecule has 0 saturated heterocycles. The summed E-state index contributed by atoms with van der Waals surface area (Å²) in [6.07, 6.45) is 5.25. The number of hydrogen-bond donors (Lipinski definition) is 2. The molecule has 0 rings (SSSR count). The normalized spacial score (nSPS) is 13.3. The number of nitrogens with two attached hydrogens (primary N) is 2. The van der Waals surface area contributed by atoms with E-state index in [1.807, 2.05) is 13.8 Å². The molecule has 0 aromatic carbocycles. The lowest BCUT2D eigenvalue weighted by molar-refractivity contribution is 0.293. The molecule has 0 spiro atoms. The Kier molecular flexibility index (Phi) is 5.07. The minimum atomic E-state index is 0.370. The first kappa shape index (κ1) is 9.88. The van der Waals surface area contributed by atoms with Gasteiger partial charge >= 0.3 is 0 Å². The third-order valence-corrected chi connectivity index (χ3v) is 1.05. The maximum atomic E-state index is 5.43. The van der Waals surface area contributed by atoms with Crippen molar-refractivity contribution in [2.24, 2.45) is 11.5 Å². The van der Waals surface area contributed by atoms with Gasteiger partial charge in [0.25, 0.3) is 0 Å². The summed E-state index contributed by atoms with van der Waals surface area (Å²) in [5.74, 6) is 0.740. The Morgan fingerprint density at radius 1 is 1.09 bits per heavy atom. The molecule has 0 aromatic heterocycles. The summed E-state index contributed by atoms with van der Waals surface area (Å²) in [5, 5.41) is 0. The highest BCUT2D eigenvalue weighted by Crippen LogP contribution is 1.97. The molecule has 64 valence electrons. The molecule has 0 aliphatic heterocycles. The summed E-state index contributed by atoms with van der Waals surface area (Å²) in [4.78, 5) is 0. The summed E-state index contributed by atoms with van der Waals surface area (Å²) in [5.41, 5.74) is 10.9. The molecule has 0 saturated carbocycles. The van der Waals surface area contributed by atoms with Gasteiger partial charge in [0.2, 0.25) is 0 Å².